The summed E-state index contributed by atoms with van der Waals surface area (Å²) >= 11 is 0. The highest BCUT2D eigenvalue weighted by Crippen LogP contribution is 2.44. The lowest BCUT2D eigenvalue weighted by molar-refractivity contribution is -0.137. The first-order chi connectivity index (χ1) is 12.1. The van der Waals surface area contributed by atoms with Gasteiger partial charge in [0.2, 0.25) is 5.91 Å². The van der Waals surface area contributed by atoms with Gasteiger partial charge in [-0.15, -0.1) is 0 Å². The van der Waals surface area contributed by atoms with Crippen LogP contribution < -0.4 is 10.6 Å². The van der Waals surface area contributed by atoms with Crippen LogP contribution in [0.25, 0.3) is 0 Å². The van der Waals surface area contributed by atoms with Crippen molar-refractivity contribution in [1.29, 1.82) is 0 Å². The van der Waals surface area contributed by atoms with Gasteiger partial charge in [0, 0.05) is 25.4 Å². The molecule has 2 saturated heterocycles. The van der Waals surface area contributed by atoms with Crippen molar-refractivity contribution in [2.45, 2.75) is 64.1 Å². The lowest BCUT2D eigenvalue weighted by Gasteiger charge is -2.27. The maximum atomic E-state index is 11.7. The number of ether oxygens (including phenoxy) is 1. The highest BCUT2D eigenvalue weighted by Gasteiger charge is 2.47. The van der Waals surface area contributed by atoms with Crippen LogP contribution in [0.5, 0.6) is 0 Å². The van der Waals surface area contributed by atoms with E-state index in [0.29, 0.717) is 37.0 Å². The molecule has 2 rings (SSSR count). The van der Waals surface area contributed by atoms with Crippen molar-refractivity contribution >= 4 is 11.9 Å². The molecule has 0 aliphatic carbocycles. The van der Waals surface area contributed by atoms with Crippen LogP contribution in [0, 0.1) is 11.8 Å². The first-order valence-electron chi connectivity index (χ1n) is 9.61. The number of rotatable bonds is 12. The van der Waals surface area contributed by atoms with Crippen molar-refractivity contribution in [3.05, 3.63) is 12.2 Å². The van der Waals surface area contributed by atoms with Crippen molar-refractivity contribution in [2.24, 2.45) is 11.8 Å². The zero-order chi connectivity index (χ0) is 18.1. The standard InChI is InChI=1S/C19H32N2O4/c1-2-11-21-18(22)13-20-12-15-14(16-9-10-17(15)25-16)7-5-3-4-6-8-19(23)24/h3,5,14-17,20H,2,4,6-13H2,1H3,(H,21,22)(H,23,24)/t14-,15-,16-,17+/m1/s1. The highest BCUT2D eigenvalue weighted by atomic mass is 16.5. The molecule has 6 nitrogen and oxygen atoms in total. The summed E-state index contributed by atoms with van der Waals surface area (Å²) in [4.78, 5) is 22.2. The molecular formula is C19H32N2O4. The second kappa shape index (κ2) is 10.6. The van der Waals surface area contributed by atoms with E-state index < -0.39 is 5.97 Å². The quantitative estimate of drug-likeness (QED) is 0.370. The Morgan fingerprint density at radius 2 is 1.96 bits per heavy atom. The fourth-order valence-electron chi connectivity index (χ4n) is 3.90. The fourth-order valence-corrected chi connectivity index (χ4v) is 3.90. The second-order valence-electron chi connectivity index (χ2n) is 7.09. The van der Waals surface area contributed by atoms with Gasteiger partial charge in [-0.3, -0.25) is 9.59 Å². The minimum Gasteiger partial charge on any atom is -0.481 e. The Labute approximate surface area is 150 Å². The molecule has 1 amide bonds. The Kier molecular flexibility index (Phi) is 8.41. The molecule has 0 aromatic carbocycles. The molecule has 2 aliphatic rings. The zero-order valence-corrected chi connectivity index (χ0v) is 15.2. The van der Waals surface area contributed by atoms with Crippen molar-refractivity contribution in [2.75, 3.05) is 19.6 Å². The lowest BCUT2D eigenvalue weighted by Crippen LogP contribution is -2.40. The number of nitrogens with one attached hydrogen (secondary N) is 2. The molecule has 0 spiro atoms. The molecule has 6 heteroatoms. The maximum Gasteiger partial charge on any atom is 0.303 e. The maximum absolute atomic E-state index is 11.7. The van der Waals surface area contributed by atoms with Crippen molar-refractivity contribution in [1.82, 2.24) is 10.6 Å². The minimum absolute atomic E-state index is 0.0563. The Bertz CT molecular complexity index is 466. The van der Waals surface area contributed by atoms with Crippen LogP contribution in [-0.4, -0.2) is 48.8 Å². The van der Waals surface area contributed by atoms with Crippen LogP contribution in [0.4, 0.5) is 0 Å². The third-order valence-corrected chi connectivity index (χ3v) is 5.16. The number of fused-ring (bicyclic) bond motifs is 2. The van der Waals surface area contributed by atoms with Gasteiger partial charge in [0.15, 0.2) is 0 Å². The number of aliphatic carboxylic acids is 1. The highest BCUT2D eigenvalue weighted by molar-refractivity contribution is 5.77. The van der Waals surface area contributed by atoms with E-state index in [0.717, 1.165) is 45.2 Å². The number of hydrogen-bond donors (Lipinski definition) is 3. The van der Waals surface area contributed by atoms with Crippen LogP contribution in [-0.2, 0) is 14.3 Å². The first kappa shape index (κ1) is 19.9. The first-order valence-corrected chi connectivity index (χ1v) is 9.61. The summed E-state index contributed by atoms with van der Waals surface area (Å²) in [7, 11) is 0. The topological polar surface area (TPSA) is 87.7 Å². The molecular weight excluding hydrogens is 320 g/mol. The summed E-state index contributed by atoms with van der Waals surface area (Å²) in [5, 5.41) is 14.8. The normalized spacial score (nSPS) is 27.9. The van der Waals surface area contributed by atoms with Gasteiger partial charge >= 0.3 is 5.97 Å². The van der Waals surface area contributed by atoms with E-state index >= 15 is 0 Å². The van der Waals surface area contributed by atoms with Crippen molar-refractivity contribution in [3.8, 4) is 0 Å². The second-order valence-corrected chi connectivity index (χ2v) is 7.09. The van der Waals surface area contributed by atoms with Crippen LogP contribution in [0.2, 0.25) is 0 Å². The van der Waals surface area contributed by atoms with Crippen LogP contribution in [0.1, 0.15) is 51.9 Å². The Balaban J connectivity index is 1.70. The summed E-state index contributed by atoms with van der Waals surface area (Å²) in [6.45, 7) is 3.96. The van der Waals surface area contributed by atoms with Gasteiger partial charge in [-0.1, -0.05) is 19.1 Å². The molecule has 142 valence electrons. The van der Waals surface area contributed by atoms with E-state index in [9.17, 15) is 9.59 Å². The van der Waals surface area contributed by atoms with Crippen LogP contribution >= 0.6 is 0 Å². The SMILES string of the molecule is CCCNC(=O)CNC[C@@H]1[C@@H](CC=CCCCC(=O)O)[C@H]2CC[C@@H]1O2. The summed E-state index contributed by atoms with van der Waals surface area (Å²) in [6, 6.07) is 0. The van der Waals surface area contributed by atoms with Gasteiger partial charge in [0.25, 0.3) is 0 Å². The average molecular weight is 352 g/mol. The lowest BCUT2D eigenvalue weighted by atomic mass is 9.77. The van der Waals surface area contributed by atoms with E-state index in [1.54, 1.807) is 0 Å². The molecule has 25 heavy (non-hydrogen) atoms. The van der Waals surface area contributed by atoms with Gasteiger partial charge in [0.05, 0.1) is 18.8 Å². The molecule has 0 unspecified atom stereocenters. The van der Waals surface area contributed by atoms with Crippen LogP contribution in [0.3, 0.4) is 0 Å². The number of carbonyl (C=O) groups excluding carboxylic acids is 1. The van der Waals surface area contributed by atoms with Gasteiger partial charge < -0.3 is 20.5 Å². The number of unbranched alkanes of at least 4 members (excludes halogenated alkanes) is 1. The van der Waals surface area contributed by atoms with Gasteiger partial charge in [-0.05, 0) is 44.4 Å². The van der Waals surface area contributed by atoms with Gasteiger partial charge in [-0.2, -0.15) is 0 Å². The zero-order valence-electron chi connectivity index (χ0n) is 15.2. The smallest absolute Gasteiger partial charge is 0.303 e. The third-order valence-electron chi connectivity index (χ3n) is 5.16. The molecule has 0 radical (unpaired) electrons. The Morgan fingerprint density at radius 3 is 2.68 bits per heavy atom. The van der Waals surface area contributed by atoms with E-state index in [-0.39, 0.29) is 12.3 Å². The number of carbonyl (C=O) groups is 2. The van der Waals surface area contributed by atoms with Crippen molar-refractivity contribution < 1.29 is 19.4 Å². The summed E-state index contributed by atoms with van der Waals surface area (Å²) < 4.78 is 6.08. The number of carboxylic acid groups (broad SMARTS) is 1. The molecule has 3 N–H and O–H groups in total. The van der Waals surface area contributed by atoms with E-state index in [2.05, 4.69) is 22.8 Å². The van der Waals surface area contributed by atoms with E-state index in [1.165, 1.54) is 0 Å². The van der Waals surface area contributed by atoms with Crippen molar-refractivity contribution in [3.63, 3.8) is 0 Å². The summed E-state index contributed by atoms with van der Waals surface area (Å²) in [5.41, 5.74) is 0. The Hall–Kier alpha value is -1.40. The van der Waals surface area contributed by atoms with Gasteiger partial charge in [0.1, 0.15) is 0 Å². The molecule has 4 atom stereocenters. The predicted octanol–water partition coefficient (Wildman–Crippen LogP) is 2.10. The fraction of sp³-hybridized carbons (Fsp3) is 0.789. The molecule has 2 fully saturated rings. The summed E-state index contributed by atoms with van der Waals surface area (Å²) in [6.07, 6.45) is 10.9. The van der Waals surface area contributed by atoms with Crippen LogP contribution in [0.15, 0.2) is 12.2 Å². The molecule has 0 aromatic rings. The largest absolute Gasteiger partial charge is 0.481 e. The van der Waals surface area contributed by atoms with E-state index in [4.69, 9.17) is 9.84 Å². The average Bonchev–Trinajstić information content (AvgIpc) is 3.18. The van der Waals surface area contributed by atoms with Gasteiger partial charge in [-0.25, -0.2) is 0 Å². The molecule has 2 bridgehead atoms. The third kappa shape index (κ3) is 6.44. The predicted molar refractivity (Wildman–Crippen MR) is 96.3 cm³/mol. The Morgan fingerprint density at radius 1 is 1.20 bits per heavy atom. The monoisotopic (exact) mass is 352 g/mol. The number of allylic oxidation sites excluding steroid dienone is 2. The minimum atomic E-state index is -0.732. The number of carboxylic acids is 1. The number of hydrogen-bond acceptors (Lipinski definition) is 4. The molecule has 2 heterocycles. The number of amides is 1. The molecule has 0 saturated carbocycles. The molecule has 2 aliphatic heterocycles. The summed E-state index contributed by atoms with van der Waals surface area (Å²) in [5.74, 6) is 0.284. The molecule has 0 aromatic heterocycles. The van der Waals surface area contributed by atoms with E-state index in [1.807, 2.05) is 6.92 Å².